The Bertz CT molecular complexity index is 488. The lowest BCUT2D eigenvalue weighted by atomic mass is 9.71. The summed E-state index contributed by atoms with van der Waals surface area (Å²) in [4.78, 5) is 9.01. The molecule has 2 saturated heterocycles. The van der Waals surface area contributed by atoms with Crippen LogP contribution in [0.1, 0.15) is 24.8 Å². The third-order valence-corrected chi connectivity index (χ3v) is 5.12. The fourth-order valence-electron chi connectivity index (χ4n) is 4.09. The fourth-order valence-corrected chi connectivity index (χ4v) is 4.09. The van der Waals surface area contributed by atoms with E-state index < -0.39 is 0 Å². The Hall–Kier alpha value is -1.17. The molecule has 0 amide bonds. The third-order valence-electron chi connectivity index (χ3n) is 5.12. The Morgan fingerprint density at radius 3 is 2.82 bits per heavy atom. The molecule has 1 spiro atoms. The minimum atomic E-state index is -0.159. The van der Waals surface area contributed by atoms with Gasteiger partial charge in [-0.2, -0.15) is 0 Å². The highest BCUT2D eigenvalue weighted by Gasteiger charge is 2.40. The van der Waals surface area contributed by atoms with Gasteiger partial charge in [-0.3, -0.25) is 9.88 Å². The second kappa shape index (κ2) is 6.52. The fraction of sp³-hybridized carbons (Fsp3) is 0.706. The molecule has 5 heteroatoms. The molecule has 3 rings (SSSR count). The van der Waals surface area contributed by atoms with E-state index in [1.807, 2.05) is 6.20 Å². The van der Waals surface area contributed by atoms with E-state index in [4.69, 9.17) is 4.74 Å². The maximum absolute atomic E-state index is 10.1. The summed E-state index contributed by atoms with van der Waals surface area (Å²) in [5, 5.41) is 10.1. The molecule has 1 unspecified atom stereocenters. The monoisotopic (exact) mass is 305 g/mol. The van der Waals surface area contributed by atoms with Crippen molar-refractivity contribution < 1.29 is 9.84 Å². The Labute approximate surface area is 132 Å². The molecule has 3 heterocycles. The lowest BCUT2D eigenvalue weighted by Gasteiger charge is -2.48. The standard InChI is InChI=1S/C17H27N3O2/c1-19-12-15(21)8-17(13-19)3-5-20(6-4-17)11-14-7-16(22-2)10-18-9-14/h7,9-10,15,21H,3-6,8,11-13H2,1-2H3. The van der Waals surface area contributed by atoms with Gasteiger partial charge in [0.05, 0.1) is 19.4 Å². The van der Waals surface area contributed by atoms with Gasteiger partial charge in [0, 0.05) is 25.8 Å². The van der Waals surface area contributed by atoms with E-state index in [0.717, 1.165) is 44.9 Å². The van der Waals surface area contributed by atoms with Gasteiger partial charge in [0.25, 0.3) is 0 Å². The number of likely N-dealkylation sites (N-methyl/N-ethyl adjacent to an activating group) is 1. The van der Waals surface area contributed by atoms with E-state index in [0.29, 0.717) is 5.41 Å². The van der Waals surface area contributed by atoms with E-state index in [1.54, 1.807) is 13.3 Å². The lowest BCUT2D eigenvalue weighted by Crippen LogP contribution is -2.52. The van der Waals surface area contributed by atoms with Crippen molar-refractivity contribution in [2.24, 2.45) is 5.41 Å². The molecule has 5 nitrogen and oxygen atoms in total. The minimum Gasteiger partial charge on any atom is -0.495 e. The first-order valence-electron chi connectivity index (χ1n) is 8.15. The Balaban J connectivity index is 1.57. The quantitative estimate of drug-likeness (QED) is 0.914. The Kier molecular flexibility index (Phi) is 4.66. The van der Waals surface area contributed by atoms with Crippen molar-refractivity contribution in [1.29, 1.82) is 0 Å². The molecule has 0 saturated carbocycles. The summed E-state index contributed by atoms with van der Waals surface area (Å²) in [5.41, 5.74) is 1.52. The van der Waals surface area contributed by atoms with Crippen molar-refractivity contribution in [2.45, 2.75) is 31.9 Å². The Morgan fingerprint density at radius 2 is 2.14 bits per heavy atom. The Morgan fingerprint density at radius 1 is 1.36 bits per heavy atom. The average molecular weight is 305 g/mol. The maximum Gasteiger partial charge on any atom is 0.137 e. The molecule has 0 aromatic carbocycles. The maximum atomic E-state index is 10.1. The number of hydrogen-bond donors (Lipinski definition) is 1. The molecule has 122 valence electrons. The van der Waals surface area contributed by atoms with E-state index in [9.17, 15) is 5.11 Å². The predicted molar refractivity (Wildman–Crippen MR) is 85.9 cm³/mol. The van der Waals surface area contributed by atoms with Gasteiger partial charge in [0.1, 0.15) is 5.75 Å². The van der Waals surface area contributed by atoms with Crippen LogP contribution in [-0.4, -0.2) is 66.3 Å². The summed E-state index contributed by atoms with van der Waals surface area (Å²) in [6.45, 7) is 5.06. The van der Waals surface area contributed by atoms with E-state index in [2.05, 4.69) is 27.9 Å². The van der Waals surface area contributed by atoms with Crippen LogP contribution in [0.5, 0.6) is 5.75 Å². The summed E-state index contributed by atoms with van der Waals surface area (Å²) >= 11 is 0. The van der Waals surface area contributed by atoms with E-state index in [-0.39, 0.29) is 6.10 Å². The zero-order valence-corrected chi connectivity index (χ0v) is 13.7. The number of aliphatic hydroxyl groups is 1. The van der Waals surface area contributed by atoms with Gasteiger partial charge < -0.3 is 14.7 Å². The topological polar surface area (TPSA) is 48.8 Å². The molecule has 0 aliphatic carbocycles. The molecule has 2 aliphatic heterocycles. The summed E-state index contributed by atoms with van der Waals surface area (Å²) in [6.07, 6.45) is 6.82. The van der Waals surface area contributed by atoms with Crippen LogP contribution >= 0.6 is 0 Å². The highest BCUT2D eigenvalue weighted by molar-refractivity contribution is 5.23. The molecule has 1 atom stereocenters. The van der Waals surface area contributed by atoms with Crippen LogP contribution in [0.4, 0.5) is 0 Å². The number of aromatic nitrogens is 1. The summed E-state index contributed by atoms with van der Waals surface area (Å²) < 4.78 is 5.24. The highest BCUT2D eigenvalue weighted by atomic mass is 16.5. The van der Waals surface area contributed by atoms with Crippen LogP contribution in [0.3, 0.4) is 0 Å². The predicted octanol–water partition coefficient (Wildman–Crippen LogP) is 1.37. The smallest absolute Gasteiger partial charge is 0.137 e. The van der Waals surface area contributed by atoms with Crippen molar-refractivity contribution >= 4 is 0 Å². The van der Waals surface area contributed by atoms with Crippen molar-refractivity contribution in [3.8, 4) is 5.75 Å². The molecule has 0 bridgehead atoms. The van der Waals surface area contributed by atoms with Crippen LogP contribution in [0.15, 0.2) is 18.5 Å². The van der Waals surface area contributed by atoms with Gasteiger partial charge in [-0.15, -0.1) is 0 Å². The first-order chi connectivity index (χ1) is 10.6. The molecular weight excluding hydrogens is 278 g/mol. The van der Waals surface area contributed by atoms with Crippen LogP contribution < -0.4 is 4.74 Å². The number of nitrogens with zero attached hydrogens (tertiary/aromatic N) is 3. The van der Waals surface area contributed by atoms with Crippen molar-refractivity contribution in [3.05, 3.63) is 24.0 Å². The van der Waals surface area contributed by atoms with E-state index >= 15 is 0 Å². The highest BCUT2D eigenvalue weighted by Crippen LogP contribution is 2.39. The van der Waals surface area contributed by atoms with Crippen LogP contribution in [0, 0.1) is 5.41 Å². The third kappa shape index (κ3) is 3.59. The number of rotatable bonds is 3. The first-order valence-corrected chi connectivity index (χ1v) is 8.15. The number of likely N-dealkylation sites (tertiary alicyclic amines) is 2. The molecule has 0 radical (unpaired) electrons. The first kappa shape index (κ1) is 15.7. The summed E-state index contributed by atoms with van der Waals surface area (Å²) in [5.74, 6) is 0.822. The van der Waals surface area contributed by atoms with Crippen molar-refractivity contribution in [3.63, 3.8) is 0 Å². The van der Waals surface area contributed by atoms with E-state index in [1.165, 1.54) is 18.4 Å². The minimum absolute atomic E-state index is 0.159. The van der Waals surface area contributed by atoms with Crippen LogP contribution in [0.2, 0.25) is 0 Å². The van der Waals surface area contributed by atoms with Gasteiger partial charge in [0.15, 0.2) is 0 Å². The SMILES string of the molecule is COc1cncc(CN2CCC3(CC2)CC(O)CN(C)C3)c1. The zero-order valence-electron chi connectivity index (χ0n) is 13.7. The van der Waals surface area contributed by atoms with Crippen LogP contribution in [-0.2, 0) is 6.54 Å². The molecule has 22 heavy (non-hydrogen) atoms. The number of ether oxygens (including phenoxy) is 1. The number of aliphatic hydroxyl groups excluding tert-OH is 1. The molecule has 1 N–H and O–H groups in total. The number of hydrogen-bond acceptors (Lipinski definition) is 5. The lowest BCUT2D eigenvalue weighted by molar-refractivity contribution is -0.0331. The molecular formula is C17H27N3O2. The molecule has 1 aromatic rings. The normalized spacial score (nSPS) is 26.2. The summed E-state index contributed by atoms with van der Waals surface area (Å²) in [6, 6.07) is 2.06. The van der Waals surface area contributed by atoms with Gasteiger partial charge in [-0.05, 0) is 56.4 Å². The van der Waals surface area contributed by atoms with Crippen molar-refractivity contribution in [2.75, 3.05) is 40.3 Å². The summed E-state index contributed by atoms with van der Waals surface area (Å²) in [7, 11) is 3.80. The van der Waals surface area contributed by atoms with Crippen molar-refractivity contribution in [1.82, 2.24) is 14.8 Å². The molecule has 1 aromatic heterocycles. The number of β-amino-alcohol motifs (C(OH)–C–C–N with tert-alkyl or cyclic N) is 1. The zero-order chi connectivity index (χ0) is 15.6. The largest absolute Gasteiger partial charge is 0.495 e. The second-order valence-corrected chi connectivity index (χ2v) is 7.06. The van der Waals surface area contributed by atoms with Gasteiger partial charge >= 0.3 is 0 Å². The molecule has 2 aliphatic rings. The second-order valence-electron chi connectivity index (χ2n) is 7.06. The van der Waals surface area contributed by atoms with Crippen LogP contribution in [0.25, 0.3) is 0 Å². The number of piperidine rings is 2. The number of methoxy groups -OCH3 is 1. The van der Waals surface area contributed by atoms with Gasteiger partial charge in [0.2, 0.25) is 0 Å². The van der Waals surface area contributed by atoms with Gasteiger partial charge in [-0.1, -0.05) is 0 Å². The average Bonchev–Trinajstić information content (AvgIpc) is 2.49. The molecule has 2 fully saturated rings. The number of pyridine rings is 1. The van der Waals surface area contributed by atoms with Gasteiger partial charge in [-0.25, -0.2) is 0 Å².